The quantitative estimate of drug-likeness (QED) is 0.830. The van der Waals surface area contributed by atoms with Crippen molar-refractivity contribution in [3.05, 3.63) is 17.0 Å². The van der Waals surface area contributed by atoms with E-state index in [0.29, 0.717) is 6.54 Å². The van der Waals surface area contributed by atoms with Crippen LogP contribution >= 0.6 is 0 Å². The molecule has 2 N–H and O–H groups in total. The van der Waals surface area contributed by atoms with E-state index < -0.39 is 5.60 Å². The van der Waals surface area contributed by atoms with E-state index in [1.54, 1.807) is 0 Å². The van der Waals surface area contributed by atoms with Crippen molar-refractivity contribution in [1.29, 1.82) is 0 Å². The standard InChI is InChI=1S/C13H23N3O/c1-4-12-10(2)15-16(11(12)3)9-13(17)5-7-14-8-6-13/h14,17H,4-9H2,1-3H3. The van der Waals surface area contributed by atoms with Crippen LogP contribution in [-0.2, 0) is 13.0 Å². The summed E-state index contributed by atoms with van der Waals surface area (Å²) in [5.41, 5.74) is 3.04. The van der Waals surface area contributed by atoms with Crippen LogP contribution in [0.4, 0.5) is 0 Å². The van der Waals surface area contributed by atoms with Crippen LogP contribution < -0.4 is 5.32 Å². The lowest BCUT2D eigenvalue weighted by Crippen LogP contribution is -2.45. The topological polar surface area (TPSA) is 50.1 Å². The predicted molar refractivity (Wildman–Crippen MR) is 68.1 cm³/mol. The third-order valence-electron chi connectivity index (χ3n) is 3.86. The highest BCUT2D eigenvalue weighted by Gasteiger charge is 2.30. The Balaban J connectivity index is 2.18. The maximum atomic E-state index is 10.5. The summed E-state index contributed by atoms with van der Waals surface area (Å²) in [6, 6.07) is 0. The molecule has 96 valence electrons. The fraction of sp³-hybridized carbons (Fsp3) is 0.769. The fourth-order valence-corrected chi connectivity index (χ4v) is 2.73. The Hall–Kier alpha value is -0.870. The van der Waals surface area contributed by atoms with Crippen LogP contribution in [0, 0.1) is 13.8 Å². The van der Waals surface area contributed by atoms with Gasteiger partial charge in [0.25, 0.3) is 0 Å². The number of nitrogens with zero attached hydrogens (tertiary/aromatic N) is 2. The number of hydrogen-bond donors (Lipinski definition) is 2. The van der Waals surface area contributed by atoms with Gasteiger partial charge in [-0.3, -0.25) is 4.68 Å². The lowest BCUT2D eigenvalue weighted by atomic mass is 9.92. The molecule has 1 fully saturated rings. The maximum Gasteiger partial charge on any atom is 0.0867 e. The minimum absolute atomic E-state index is 0.584. The summed E-state index contributed by atoms with van der Waals surface area (Å²) in [6.07, 6.45) is 2.64. The molecular weight excluding hydrogens is 214 g/mol. The van der Waals surface area contributed by atoms with E-state index in [-0.39, 0.29) is 0 Å². The molecule has 0 atom stereocenters. The molecule has 0 aromatic carbocycles. The van der Waals surface area contributed by atoms with Crippen molar-refractivity contribution in [2.45, 2.75) is 52.2 Å². The van der Waals surface area contributed by atoms with E-state index >= 15 is 0 Å². The van der Waals surface area contributed by atoms with Crippen molar-refractivity contribution in [2.24, 2.45) is 0 Å². The summed E-state index contributed by atoms with van der Waals surface area (Å²) < 4.78 is 1.99. The summed E-state index contributed by atoms with van der Waals surface area (Å²) in [6.45, 7) is 8.73. The first-order valence-electron chi connectivity index (χ1n) is 6.52. The van der Waals surface area contributed by atoms with Crippen LogP contribution in [0.2, 0.25) is 0 Å². The van der Waals surface area contributed by atoms with E-state index in [9.17, 15) is 5.11 Å². The number of aromatic nitrogens is 2. The van der Waals surface area contributed by atoms with Gasteiger partial charge in [-0.15, -0.1) is 0 Å². The van der Waals surface area contributed by atoms with Crippen molar-refractivity contribution < 1.29 is 5.11 Å². The highest BCUT2D eigenvalue weighted by Crippen LogP contribution is 2.22. The lowest BCUT2D eigenvalue weighted by Gasteiger charge is -2.32. The first-order valence-corrected chi connectivity index (χ1v) is 6.52. The average Bonchev–Trinajstić information content (AvgIpc) is 2.54. The highest BCUT2D eigenvalue weighted by molar-refractivity contribution is 5.24. The summed E-state index contributed by atoms with van der Waals surface area (Å²) in [5, 5.41) is 18.4. The van der Waals surface area contributed by atoms with Gasteiger partial charge in [-0.25, -0.2) is 0 Å². The maximum absolute atomic E-state index is 10.5. The van der Waals surface area contributed by atoms with Crippen molar-refractivity contribution in [1.82, 2.24) is 15.1 Å². The Morgan fingerprint density at radius 3 is 2.53 bits per heavy atom. The molecule has 0 aliphatic carbocycles. The molecule has 1 aliphatic heterocycles. The number of piperidine rings is 1. The molecule has 2 heterocycles. The zero-order valence-corrected chi connectivity index (χ0v) is 11.1. The molecule has 2 rings (SSSR count). The third kappa shape index (κ3) is 2.53. The van der Waals surface area contributed by atoms with E-state index in [2.05, 4.69) is 31.2 Å². The third-order valence-corrected chi connectivity index (χ3v) is 3.86. The average molecular weight is 237 g/mol. The minimum atomic E-state index is -0.584. The molecule has 0 amide bonds. The Kier molecular flexibility index (Phi) is 3.54. The van der Waals surface area contributed by atoms with Crippen LogP contribution in [0.5, 0.6) is 0 Å². The van der Waals surface area contributed by atoms with Gasteiger partial charge >= 0.3 is 0 Å². The molecule has 4 nitrogen and oxygen atoms in total. The normalized spacial score (nSPS) is 19.5. The molecule has 1 saturated heterocycles. The molecule has 0 radical (unpaired) electrons. The first kappa shape index (κ1) is 12.6. The lowest BCUT2D eigenvalue weighted by molar-refractivity contribution is -0.00878. The molecule has 1 aromatic heterocycles. The number of rotatable bonds is 3. The van der Waals surface area contributed by atoms with E-state index in [1.165, 1.54) is 11.3 Å². The zero-order chi connectivity index (χ0) is 12.5. The van der Waals surface area contributed by atoms with Crippen LogP contribution in [0.1, 0.15) is 36.7 Å². The Morgan fingerprint density at radius 1 is 1.35 bits per heavy atom. The predicted octanol–water partition coefficient (Wildman–Crippen LogP) is 1.18. The molecule has 0 spiro atoms. The van der Waals surface area contributed by atoms with Gasteiger partial charge in [-0.2, -0.15) is 5.10 Å². The molecule has 4 heteroatoms. The van der Waals surface area contributed by atoms with Crippen LogP contribution in [0.15, 0.2) is 0 Å². The Bertz CT molecular complexity index is 392. The van der Waals surface area contributed by atoms with E-state index in [4.69, 9.17) is 0 Å². The van der Waals surface area contributed by atoms with Gasteiger partial charge < -0.3 is 10.4 Å². The van der Waals surface area contributed by atoms with E-state index in [1.807, 2.05) is 4.68 Å². The smallest absolute Gasteiger partial charge is 0.0867 e. The highest BCUT2D eigenvalue weighted by atomic mass is 16.3. The molecule has 0 bridgehead atoms. The molecular formula is C13H23N3O. The second-order valence-electron chi connectivity index (χ2n) is 5.13. The second-order valence-corrected chi connectivity index (χ2v) is 5.13. The largest absolute Gasteiger partial charge is 0.388 e. The molecule has 1 aliphatic rings. The fourth-order valence-electron chi connectivity index (χ4n) is 2.73. The van der Waals surface area contributed by atoms with Crippen molar-refractivity contribution in [3.8, 4) is 0 Å². The van der Waals surface area contributed by atoms with Gasteiger partial charge in [0.2, 0.25) is 0 Å². The van der Waals surface area contributed by atoms with Crippen molar-refractivity contribution in [3.63, 3.8) is 0 Å². The van der Waals surface area contributed by atoms with Crippen LogP contribution in [0.3, 0.4) is 0 Å². The van der Waals surface area contributed by atoms with Gasteiger partial charge in [-0.1, -0.05) is 6.92 Å². The molecule has 0 unspecified atom stereocenters. The Labute approximate surface area is 103 Å². The van der Waals surface area contributed by atoms with Crippen LogP contribution in [-0.4, -0.2) is 33.6 Å². The molecule has 17 heavy (non-hydrogen) atoms. The number of nitrogens with one attached hydrogen (secondary N) is 1. The van der Waals surface area contributed by atoms with Gasteiger partial charge in [0.15, 0.2) is 0 Å². The van der Waals surface area contributed by atoms with Gasteiger partial charge in [0.1, 0.15) is 0 Å². The van der Waals surface area contributed by atoms with Gasteiger partial charge in [0.05, 0.1) is 17.8 Å². The zero-order valence-electron chi connectivity index (χ0n) is 11.1. The molecule has 0 saturated carbocycles. The van der Waals surface area contributed by atoms with Gasteiger partial charge in [-0.05, 0) is 51.8 Å². The first-order chi connectivity index (χ1) is 8.06. The summed E-state index contributed by atoms with van der Waals surface area (Å²) >= 11 is 0. The van der Waals surface area contributed by atoms with Gasteiger partial charge in [0, 0.05) is 5.69 Å². The Morgan fingerprint density at radius 2 is 2.00 bits per heavy atom. The summed E-state index contributed by atoms with van der Waals surface area (Å²) in [5.74, 6) is 0. The number of aliphatic hydroxyl groups is 1. The number of aryl methyl sites for hydroxylation is 1. The monoisotopic (exact) mass is 237 g/mol. The molecule has 1 aromatic rings. The van der Waals surface area contributed by atoms with E-state index in [0.717, 1.165) is 38.0 Å². The number of hydrogen-bond acceptors (Lipinski definition) is 3. The summed E-state index contributed by atoms with van der Waals surface area (Å²) in [4.78, 5) is 0. The van der Waals surface area contributed by atoms with Crippen molar-refractivity contribution >= 4 is 0 Å². The van der Waals surface area contributed by atoms with Crippen molar-refractivity contribution in [2.75, 3.05) is 13.1 Å². The minimum Gasteiger partial charge on any atom is -0.388 e. The second kappa shape index (κ2) is 4.78. The summed E-state index contributed by atoms with van der Waals surface area (Å²) in [7, 11) is 0. The SMILES string of the molecule is CCc1c(C)nn(CC2(O)CCNCC2)c1C. The van der Waals surface area contributed by atoms with Crippen LogP contribution in [0.25, 0.3) is 0 Å².